The summed E-state index contributed by atoms with van der Waals surface area (Å²) in [7, 11) is 0. The minimum absolute atomic E-state index is 0.0938. The van der Waals surface area contributed by atoms with Crippen molar-refractivity contribution in [3.8, 4) is 0 Å². The average molecular weight is 338 g/mol. The van der Waals surface area contributed by atoms with Crippen molar-refractivity contribution in [3.05, 3.63) is 35.4 Å². The third kappa shape index (κ3) is 2.54. The van der Waals surface area contributed by atoms with Crippen LogP contribution >= 0.6 is 0 Å². The van der Waals surface area contributed by atoms with E-state index in [0.717, 1.165) is 24.3 Å². The molecular weight excluding hydrogens is 308 g/mol. The van der Waals surface area contributed by atoms with Crippen molar-refractivity contribution in [2.24, 2.45) is 11.8 Å². The van der Waals surface area contributed by atoms with Crippen molar-refractivity contribution in [2.75, 3.05) is 13.1 Å². The largest absolute Gasteiger partial charge is 0.349 e. The first-order valence-corrected chi connectivity index (χ1v) is 10.3. The average Bonchev–Trinajstić information content (AvgIpc) is 3.31. The zero-order chi connectivity index (χ0) is 17.0. The van der Waals surface area contributed by atoms with Gasteiger partial charge >= 0.3 is 0 Å². The van der Waals surface area contributed by atoms with Crippen LogP contribution in [0.25, 0.3) is 0 Å². The zero-order valence-electron chi connectivity index (χ0n) is 15.3. The summed E-state index contributed by atoms with van der Waals surface area (Å²) in [4.78, 5) is 14.5. The summed E-state index contributed by atoms with van der Waals surface area (Å²) in [5.41, 5.74) is 3.17. The molecule has 3 nitrogen and oxygen atoms in total. The van der Waals surface area contributed by atoms with Crippen molar-refractivity contribution in [1.29, 1.82) is 0 Å². The van der Waals surface area contributed by atoms with Gasteiger partial charge in [0.15, 0.2) is 0 Å². The molecule has 1 aromatic carbocycles. The zero-order valence-corrected chi connectivity index (χ0v) is 15.3. The maximum Gasteiger partial charge on any atom is 0.217 e. The Bertz CT molecular complexity index is 676. The number of carbonyl (C=O) groups is 1. The fourth-order valence-electron chi connectivity index (χ4n) is 6.68. The topological polar surface area (TPSA) is 32.3 Å². The fraction of sp³-hybridized carbons (Fsp3) is 0.682. The number of carbonyl (C=O) groups excluding carboxylic acids is 1. The van der Waals surface area contributed by atoms with E-state index in [-0.39, 0.29) is 17.4 Å². The molecule has 3 fully saturated rings. The Hall–Kier alpha value is -1.35. The maximum atomic E-state index is 11.7. The Balaban J connectivity index is 1.34. The number of hydrogen-bond donors (Lipinski definition) is 1. The second kappa shape index (κ2) is 5.84. The van der Waals surface area contributed by atoms with Gasteiger partial charge in [0.1, 0.15) is 0 Å². The second-order valence-electron chi connectivity index (χ2n) is 9.10. The molecule has 1 aromatic rings. The minimum Gasteiger partial charge on any atom is -0.349 e. The van der Waals surface area contributed by atoms with E-state index < -0.39 is 0 Å². The summed E-state index contributed by atoms with van der Waals surface area (Å²) in [5.74, 6) is 2.11. The molecule has 1 saturated heterocycles. The van der Waals surface area contributed by atoms with Gasteiger partial charge in [-0.1, -0.05) is 30.7 Å². The predicted octanol–water partition coefficient (Wildman–Crippen LogP) is 3.79. The van der Waals surface area contributed by atoms with Crippen LogP contribution in [-0.4, -0.2) is 29.9 Å². The maximum absolute atomic E-state index is 11.7. The van der Waals surface area contributed by atoms with E-state index >= 15 is 0 Å². The van der Waals surface area contributed by atoms with Crippen molar-refractivity contribution in [2.45, 2.75) is 69.4 Å². The van der Waals surface area contributed by atoms with Crippen LogP contribution in [0.15, 0.2) is 24.3 Å². The molecule has 5 rings (SSSR count). The number of fused-ring (bicyclic) bond motifs is 4. The lowest BCUT2D eigenvalue weighted by atomic mass is 9.73. The number of hydrogen-bond acceptors (Lipinski definition) is 2. The highest BCUT2D eigenvalue weighted by Gasteiger charge is 2.48. The summed E-state index contributed by atoms with van der Waals surface area (Å²) < 4.78 is 0. The first-order valence-electron chi connectivity index (χ1n) is 10.3. The van der Waals surface area contributed by atoms with Crippen LogP contribution in [0.1, 0.15) is 69.0 Å². The van der Waals surface area contributed by atoms with Crippen LogP contribution in [0, 0.1) is 11.8 Å². The number of benzene rings is 1. The van der Waals surface area contributed by atoms with Gasteiger partial charge in [0.05, 0.1) is 6.04 Å². The Morgan fingerprint density at radius 1 is 1.16 bits per heavy atom. The molecule has 4 aliphatic rings. The van der Waals surface area contributed by atoms with Gasteiger partial charge in [0.2, 0.25) is 5.91 Å². The molecule has 3 heteroatoms. The smallest absolute Gasteiger partial charge is 0.217 e. The molecule has 0 unspecified atom stereocenters. The predicted molar refractivity (Wildman–Crippen MR) is 99.3 cm³/mol. The number of amides is 1. The van der Waals surface area contributed by atoms with Crippen LogP contribution in [0.3, 0.4) is 0 Å². The number of nitrogens with one attached hydrogen (secondary N) is 1. The molecule has 0 radical (unpaired) electrons. The van der Waals surface area contributed by atoms with Crippen LogP contribution in [-0.2, 0) is 10.2 Å². The van der Waals surface area contributed by atoms with Gasteiger partial charge in [-0.3, -0.25) is 4.79 Å². The monoisotopic (exact) mass is 338 g/mol. The third-order valence-corrected chi connectivity index (χ3v) is 7.80. The molecule has 1 N–H and O–H groups in total. The van der Waals surface area contributed by atoms with Gasteiger partial charge in [-0.25, -0.2) is 0 Å². The van der Waals surface area contributed by atoms with E-state index in [4.69, 9.17) is 0 Å². The third-order valence-electron chi connectivity index (χ3n) is 7.80. The molecule has 1 spiro atoms. The van der Waals surface area contributed by atoms with Crippen LogP contribution in [0.4, 0.5) is 0 Å². The highest BCUT2D eigenvalue weighted by atomic mass is 16.1. The SMILES string of the molecule is CC(=O)N[C@H]1CC2(CCN([C@H]3C[C@H]4CC[C@@H]3C4)CC2)c2ccccc21. The van der Waals surface area contributed by atoms with E-state index in [9.17, 15) is 4.79 Å². The lowest BCUT2D eigenvalue weighted by Gasteiger charge is -2.44. The summed E-state index contributed by atoms with van der Waals surface area (Å²) in [6.45, 7) is 4.13. The molecule has 0 aromatic heterocycles. The van der Waals surface area contributed by atoms with Gasteiger partial charge in [-0.2, -0.15) is 0 Å². The number of rotatable bonds is 2. The molecule has 1 heterocycles. The Morgan fingerprint density at radius 3 is 2.64 bits per heavy atom. The van der Waals surface area contributed by atoms with Crippen molar-refractivity contribution in [3.63, 3.8) is 0 Å². The van der Waals surface area contributed by atoms with E-state index in [2.05, 4.69) is 34.5 Å². The summed E-state index contributed by atoms with van der Waals surface area (Å²) in [6, 6.07) is 9.94. The van der Waals surface area contributed by atoms with Crippen molar-refractivity contribution in [1.82, 2.24) is 10.2 Å². The van der Waals surface area contributed by atoms with Gasteiger partial charge in [0, 0.05) is 18.4 Å². The molecule has 25 heavy (non-hydrogen) atoms. The normalized spacial score (nSPS) is 35.9. The molecule has 1 aliphatic heterocycles. The number of nitrogens with zero attached hydrogens (tertiary/aromatic N) is 1. The summed E-state index contributed by atoms with van der Waals surface area (Å²) >= 11 is 0. The Kier molecular flexibility index (Phi) is 3.70. The van der Waals surface area contributed by atoms with Crippen LogP contribution in [0.2, 0.25) is 0 Å². The minimum atomic E-state index is 0.0938. The van der Waals surface area contributed by atoms with Gasteiger partial charge < -0.3 is 10.2 Å². The Labute approximate surface area is 151 Å². The standard InChI is InChI=1S/C22H30N2O/c1-15(25)23-20-14-22(19-5-3-2-4-18(19)20)8-10-24(11-9-22)21-13-16-6-7-17(21)12-16/h2-5,16-17,20-21H,6-14H2,1H3,(H,23,25)/t16-,17+,20-,21-/m0/s1. The van der Waals surface area contributed by atoms with Crippen molar-refractivity contribution >= 4 is 5.91 Å². The van der Waals surface area contributed by atoms with Gasteiger partial charge in [-0.05, 0) is 74.6 Å². The number of piperidine rings is 1. The van der Waals surface area contributed by atoms with E-state index in [1.807, 2.05) is 0 Å². The van der Waals surface area contributed by atoms with Gasteiger partial charge in [-0.15, -0.1) is 0 Å². The quantitative estimate of drug-likeness (QED) is 0.890. The fourth-order valence-corrected chi connectivity index (χ4v) is 6.68. The second-order valence-corrected chi connectivity index (χ2v) is 9.10. The summed E-state index contributed by atoms with van der Waals surface area (Å²) in [5, 5.41) is 3.21. The molecule has 134 valence electrons. The highest BCUT2D eigenvalue weighted by molar-refractivity contribution is 5.73. The molecular formula is C22H30N2O. The van der Waals surface area contributed by atoms with E-state index in [1.54, 1.807) is 6.92 Å². The molecule has 4 atom stereocenters. The molecule has 2 bridgehead atoms. The van der Waals surface area contributed by atoms with E-state index in [1.165, 1.54) is 62.7 Å². The number of likely N-dealkylation sites (tertiary alicyclic amines) is 1. The Morgan fingerprint density at radius 2 is 1.96 bits per heavy atom. The lowest BCUT2D eigenvalue weighted by molar-refractivity contribution is -0.119. The summed E-state index contributed by atoms with van der Waals surface area (Å²) in [6.07, 6.45) is 9.54. The van der Waals surface area contributed by atoms with Crippen molar-refractivity contribution < 1.29 is 4.79 Å². The molecule has 1 amide bonds. The molecule has 2 saturated carbocycles. The highest BCUT2D eigenvalue weighted by Crippen LogP contribution is 2.53. The van der Waals surface area contributed by atoms with Crippen LogP contribution < -0.4 is 5.32 Å². The van der Waals surface area contributed by atoms with Gasteiger partial charge in [0.25, 0.3) is 0 Å². The van der Waals surface area contributed by atoms with E-state index in [0.29, 0.717) is 0 Å². The van der Waals surface area contributed by atoms with Crippen LogP contribution in [0.5, 0.6) is 0 Å². The first-order chi connectivity index (χ1) is 12.1. The first kappa shape index (κ1) is 15.9. The lowest BCUT2D eigenvalue weighted by Crippen LogP contribution is -2.48. The molecule has 3 aliphatic carbocycles.